The van der Waals surface area contributed by atoms with Crippen molar-refractivity contribution in [3.8, 4) is 11.3 Å². The first kappa shape index (κ1) is 28.0. The summed E-state index contributed by atoms with van der Waals surface area (Å²) in [4.78, 5) is 37.8. The van der Waals surface area contributed by atoms with Crippen molar-refractivity contribution in [3.63, 3.8) is 0 Å². The van der Waals surface area contributed by atoms with Crippen LogP contribution in [0.5, 0.6) is 0 Å². The van der Waals surface area contributed by atoms with E-state index < -0.39 is 23.8 Å². The molecule has 3 aromatic rings. The van der Waals surface area contributed by atoms with Crippen LogP contribution < -0.4 is 10.7 Å². The third-order valence-corrected chi connectivity index (χ3v) is 5.91. The predicted octanol–water partition coefficient (Wildman–Crippen LogP) is 5.72. The number of esters is 1. The van der Waals surface area contributed by atoms with Crippen molar-refractivity contribution in [2.24, 2.45) is 11.0 Å². The van der Waals surface area contributed by atoms with Crippen LogP contribution in [-0.2, 0) is 9.53 Å². The number of carbonyl (C=O) groups excluding carboxylic acids is 3. The Kier molecular flexibility index (Phi) is 9.49. The molecule has 10 heteroatoms. The number of halogens is 2. The molecule has 0 bridgehead atoms. The van der Waals surface area contributed by atoms with Gasteiger partial charge >= 0.3 is 5.97 Å². The number of amides is 2. The number of hydrogen-bond donors (Lipinski definition) is 2. The Morgan fingerprint density at radius 1 is 0.973 bits per heavy atom. The van der Waals surface area contributed by atoms with Crippen LogP contribution in [0, 0.1) is 5.92 Å². The highest BCUT2D eigenvalue weighted by Crippen LogP contribution is 2.26. The molecule has 0 aliphatic carbocycles. The minimum absolute atomic E-state index is 0.223. The van der Waals surface area contributed by atoms with Crippen LogP contribution in [0.3, 0.4) is 0 Å². The third kappa shape index (κ3) is 7.44. The molecule has 8 nitrogen and oxygen atoms in total. The van der Waals surface area contributed by atoms with Gasteiger partial charge in [-0.25, -0.2) is 10.2 Å². The first-order chi connectivity index (χ1) is 17.6. The summed E-state index contributed by atoms with van der Waals surface area (Å²) in [5.41, 5.74) is 3.65. The molecule has 194 valence electrons. The van der Waals surface area contributed by atoms with Crippen molar-refractivity contribution in [2.45, 2.75) is 39.8 Å². The van der Waals surface area contributed by atoms with Crippen LogP contribution >= 0.6 is 23.2 Å². The normalized spacial score (nSPS) is 12.1. The molecule has 0 saturated heterocycles. The van der Waals surface area contributed by atoms with Gasteiger partial charge in [0.25, 0.3) is 11.8 Å². The SMILES string of the molecule is CC(C)OC(=O)c1ccccc1-c1ccc(C=NNC(=O)C(NC(=O)c2ccc(Cl)c(Cl)c2)C(C)C)o1. The van der Waals surface area contributed by atoms with E-state index in [0.29, 0.717) is 27.7 Å². The second-order valence-electron chi connectivity index (χ2n) is 8.76. The molecule has 0 aliphatic rings. The van der Waals surface area contributed by atoms with Gasteiger partial charge in [0, 0.05) is 11.1 Å². The van der Waals surface area contributed by atoms with Gasteiger partial charge in [0.2, 0.25) is 0 Å². The lowest BCUT2D eigenvalue weighted by atomic mass is 10.0. The molecule has 1 unspecified atom stereocenters. The van der Waals surface area contributed by atoms with E-state index in [4.69, 9.17) is 32.4 Å². The molecule has 0 spiro atoms. The standard InChI is InChI=1S/C27H27Cl2N3O5/c1-15(2)24(31-25(33)17-9-11-21(28)22(29)13-17)26(34)32-30-14-18-10-12-23(37-18)19-7-5-6-8-20(19)27(35)36-16(3)4/h5-16,24H,1-4H3,(H,31,33)(H,32,34). The Labute approximate surface area is 225 Å². The van der Waals surface area contributed by atoms with Crippen molar-refractivity contribution in [1.29, 1.82) is 0 Å². The molecule has 0 saturated carbocycles. The van der Waals surface area contributed by atoms with Gasteiger partial charge in [-0.2, -0.15) is 5.10 Å². The fraction of sp³-hybridized carbons (Fsp3) is 0.259. The lowest BCUT2D eigenvalue weighted by Gasteiger charge is -2.20. The molecule has 1 atom stereocenters. The van der Waals surface area contributed by atoms with Crippen LogP contribution in [0.4, 0.5) is 0 Å². The van der Waals surface area contributed by atoms with Gasteiger partial charge in [-0.1, -0.05) is 55.2 Å². The summed E-state index contributed by atoms with van der Waals surface area (Å²) in [6.45, 7) is 7.14. The molecule has 37 heavy (non-hydrogen) atoms. The van der Waals surface area contributed by atoms with E-state index in [9.17, 15) is 14.4 Å². The quantitative estimate of drug-likeness (QED) is 0.203. The maximum absolute atomic E-state index is 12.7. The number of benzene rings is 2. The van der Waals surface area contributed by atoms with E-state index in [-0.39, 0.29) is 22.6 Å². The monoisotopic (exact) mass is 543 g/mol. The number of ether oxygens (including phenoxy) is 1. The van der Waals surface area contributed by atoms with Crippen molar-refractivity contribution < 1.29 is 23.5 Å². The van der Waals surface area contributed by atoms with Crippen molar-refractivity contribution in [2.75, 3.05) is 0 Å². The minimum atomic E-state index is -0.856. The van der Waals surface area contributed by atoms with Gasteiger partial charge in [0.05, 0.1) is 27.9 Å². The maximum Gasteiger partial charge on any atom is 0.339 e. The average Bonchev–Trinajstić information content (AvgIpc) is 3.32. The zero-order chi connectivity index (χ0) is 27.1. The Hall–Kier alpha value is -3.62. The van der Waals surface area contributed by atoms with Crippen LogP contribution in [-0.4, -0.2) is 36.1 Å². The van der Waals surface area contributed by atoms with Crippen molar-refractivity contribution >= 4 is 47.2 Å². The van der Waals surface area contributed by atoms with Gasteiger partial charge in [-0.05, 0) is 56.2 Å². The second-order valence-corrected chi connectivity index (χ2v) is 9.57. The first-order valence-corrected chi connectivity index (χ1v) is 12.3. The van der Waals surface area contributed by atoms with E-state index in [1.807, 2.05) is 0 Å². The van der Waals surface area contributed by atoms with E-state index in [0.717, 1.165) is 0 Å². The smallest absolute Gasteiger partial charge is 0.339 e. The topological polar surface area (TPSA) is 110 Å². The first-order valence-electron chi connectivity index (χ1n) is 11.6. The lowest BCUT2D eigenvalue weighted by Crippen LogP contribution is -2.48. The average molecular weight is 544 g/mol. The zero-order valence-electron chi connectivity index (χ0n) is 20.7. The van der Waals surface area contributed by atoms with Gasteiger partial charge in [0.1, 0.15) is 17.6 Å². The van der Waals surface area contributed by atoms with Gasteiger partial charge < -0.3 is 14.5 Å². The van der Waals surface area contributed by atoms with Crippen molar-refractivity contribution in [1.82, 2.24) is 10.7 Å². The highest BCUT2D eigenvalue weighted by atomic mass is 35.5. The molecule has 2 aromatic carbocycles. The fourth-order valence-electron chi connectivity index (χ4n) is 3.35. The Morgan fingerprint density at radius 2 is 1.70 bits per heavy atom. The molecule has 2 amide bonds. The van der Waals surface area contributed by atoms with E-state index in [2.05, 4.69) is 15.8 Å². The highest BCUT2D eigenvalue weighted by molar-refractivity contribution is 6.42. The molecule has 0 aliphatic heterocycles. The second kappa shape index (κ2) is 12.6. The zero-order valence-corrected chi connectivity index (χ0v) is 22.3. The number of carbonyl (C=O) groups is 3. The molecule has 1 heterocycles. The van der Waals surface area contributed by atoms with Crippen LogP contribution in [0.1, 0.15) is 54.2 Å². The molecule has 0 fully saturated rings. The Morgan fingerprint density at radius 3 is 2.38 bits per heavy atom. The third-order valence-electron chi connectivity index (χ3n) is 5.17. The number of hydrazone groups is 1. The van der Waals surface area contributed by atoms with Crippen LogP contribution in [0.15, 0.2) is 64.1 Å². The summed E-state index contributed by atoms with van der Waals surface area (Å²) in [5, 5.41) is 7.21. The van der Waals surface area contributed by atoms with Gasteiger partial charge in [-0.15, -0.1) is 0 Å². The molecule has 0 radical (unpaired) electrons. The molecular weight excluding hydrogens is 517 g/mol. The fourth-order valence-corrected chi connectivity index (χ4v) is 3.64. The summed E-state index contributed by atoms with van der Waals surface area (Å²) < 4.78 is 11.1. The summed E-state index contributed by atoms with van der Waals surface area (Å²) in [6.07, 6.45) is 1.07. The predicted molar refractivity (Wildman–Crippen MR) is 143 cm³/mol. The van der Waals surface area contributed by atoms with Crippen LogP contribution in [0.25, 0.3) is 11.3 Å². The number of nitrogens with one attached hydrogen (secondary N) is 2. The number of furan rings is 1. The van der Waals surface area contributed by atoms with Crippen LogP contribution in [0.2, 0.25) is 10.0 Å². The summed E-state index contributed by atoms with van der Waals surface area (Å²) >= 11 is 11.9. The Balaban J connectivity index is 1.67. The van der Waals surface area contributed by atoms with E-state index in [1.54, 1.807) is 64.1 Å². The highest BCUT2D eigenvalue weighted by Gasteiger charge is 2.25. The summed E-state index contributed by atoms with van der Waals surface area (Å²) in [7, 11) is 0. The molecular formula is C27H27Cl2N3O5. The number of nitrogens with zero attached hydrogens (tertiary/aromatic N) is 1. The summed E-state index contributed by atoms with van der Waals surface area (Å²) in [6, 6.07) is 13.9. The van der Waals surface area contributed by atoms with Gasteiger partial charge in [-0.3, -0.25) is 9.59 Å². The molecule has 1 aromatic heterocycles. The van der Waals surface area contributed by atoms with E-state index >= 15 is 0 Å². The van der Waals surface area contributed by atoms with E-state index in [1.165, 1.54) is 24.4 Å². The maximum atomic E-state index is 12.7. The minimum Gasteiger partial charge on any atom is -0.459 e. The lowest BCUT2D eigenvalue weighted by molar-refractivity contribution is -0.123. The molecule has 2 N–H and O–H groups in total. The Bertz CT molecular complexity index is 1320. The number of rotatable bonds is 9. The molecule has 3 rings (SSSR count). The van der Waals surface area contributed by atoms with Gasteiger partial charge in [0.15, 0.2) is 0 Å². The number of hydrogen-bond acceptors (Lipinski definition) is 6. The largest absolute Gasteiger partial charge is 0.459 e. The summed E-state index contributed by atoms with van der Waals surface area (Å²) in [5.74, 6) is -0.859. The van der Waals surface area contributed by atoms with Crippen molar-refractivity contribution in [3.05, 3.63) is 81.5 Å².